The van der Waals surface area contributed by atoms with Gasteiger partial charge in [-0.1, -0.05) is 17.7 Å². The lowest BCUT2D eigenvalue weighted by molar-refractivity contribution is -0.124. The Kier molecular flexibility index (Phi) is 5.90. The molecule has 0 saturated carbocycles. The summed E-state index contributed by atoms with van der Waals surface area (Å²) in [5.74, 6) is -3.91. The van der Waals surface area contributed by atoms with Gasteiger partial charge in [0, 0.05) is 6.42 Å². The molecule has 1 aliphatic rings. The second-order valence-corrected chi connectivity index (χ2v) is 5.30. The van der Waals surface area contributed by atoms with Crippen molar-refractivity contribution in [3.63, 3.8) is 0 Å². The maximum Gasteiger partial charge on any atom is 0.262 e. The van der Waals surface area contributed by atoms with E-state index in [0.29, 0.717) is 5.56 Å². The van der Waals surface area contributed by atoms with E-state index in [-0.39, 0.29) is 17.4 Å². The third kappa shape index (κ3) is 4.49. The van der Waals surface area contributed by atoms with Gasteiger partial charge in [0.15, 0.2) is 0 Å². The van der Waals surface area contributed by atoms with Crippen molar-refractivity contribution in [1.82, 2.24) is 10.6 Å². The van der Waals surface area contributed by atoms with Crippen molar-refractivity contribution < 1.29 is 18.0 Å². The van der Waals surface area contributed by atoms with E-state index in [2.05, 4.69) is 10.6 Å². The van der Waals surface area contributed by atoms with Crippen molar-refractivity contribution in [1.29, 1.82) is 0 Å². The Morgan fingerprint density at radius 3 is 2.71 bits per heavy atom. The molecule has 1 aliphatic heterocycles. The van der Waals surface area contributed by atoms with Gasteiger partial charge >= 0.3 is 0 Å². The zero-order chi connectivity index (χ0) is 14.9. The minimum atomic E-state index is -2.86. The van der Waals surface area contributed by atoms with Crippen LogP contribution in [0.3, 0.4) is 0 Å². The van der Waals surface area contributed by atoms with Crippen LogP contribution in [-0.2, 0) is 4.79 Å². The molecule has 0 aliphatic carbocycles. The van der Waals surface area contributed by atoms with Gasteiger partial charge in [-0.15, -0.1) is 12.4 Å². The fourth-order valence-electron chi connectivity index (χ4n) is 2.08. The van der Waals surface area contributed by atoms with Crippen LogP contribution in [0.2, 0.25) is 5.02 Å². The average molecular weight is 343 g/mol. The van der Waals surface area contributed by atoms with Crippen LogP contribution < -0.4 is 10.6 Å². The van der Waals surface area contributed by atoms with E-state index >= 15 is 0 Å². The quantitative estimate of drug-likeness (QED) is 0.886. The first-order chi connectivity index (χ1) is 9.28. The van der Waals surface area contributed by atoms with E-state index < -0.39 is 42.7 Å². The molecule has 8 heteroatoms. The largest absolute Gasteiger partial charge is 0.348 e. The topological polar surface area (TPSA) is 41.1 Å². The summed E-state index contributed by atoms with van der Waals surface area (Å²) in [6.45, 7) is 1.18. The Bertz CT molecular complexity index is 528. The van der Waals surface area contributed by atoms with E-state index in [4.69, 9.17) is 11.6 Å². The summed E-state index contributed by atoms with van der Waals surface area (Å²) < 4.78 is 39.1. The van der Waals surface area contributed by atoms with Gasteiger partial charge in [0.2, 0.25) is 5.91 Å². The fourth-order valence-corrected chi connectivity index (χ4v) is 2.27. The van der Waals surface area contributed by atoms with E-state index in [9.17, 15) is 18.0 Å². The summed E-state index contributed by atoms with van der Waals surface area (Å²) in [6, 6.07) is 2.73. The van der Waals surface area contributed by atoms with E-state index in [1.165, 1.54) is 18.2 Å². The molecule has 1 fully saturated rings. The molecule has 0 spiro atoms. The van der Waals surface area contributed by atoms with Gasteiger partial charge in [0.1, 0.15) is 5.82 Å². The fraction of sp³-hybridized carbons (Fsp3) is 0.462. The van der Waals surface area contributed by atoms with Crippen LogP contribution in [0.25, 0.3) is 0 Å². The Labute approximate surface area is 131 Å². The van der Waals surface area contributed by atoms with Gasteiger partial charge in [-0.2, -0.15) is 0 Å². The summed E-state index contributed by atoms with van der Waals surface area (Å²) in [4.78, 5) is 11.9. The predicted molar refractivity (Wildman–Crippen MR) is 76.6 cm³/mol. The van der Waals surface area contributed by atoms with Crippen molar-refractivity contribution in [2.24, 2.45) is 0 Å². The number of carbonyl (C=O) groups is 1. The first-order valence-corrected chi connectivity index (χ1v) is 6.53. The number of benzene rings is 1. The molecule has 3 nitrogen and oxygen atoms in total. The smallest absolute Gasteiger partial charge is 0.262 e. The zero-order valence-corrected chi connectivity index (χ0v) is 12.7. The predicted octanol–water partition coefficient (Wildman–Crippen LogP) is 3.08. The summed E-state index contributed by atoms with van der Waals surface area (Å²) in [5, 5.41) is 5.04. The molecule has 2 unspecified atom stereocenters. The molecule has 21 heavy (non-hydrogen) atoms. The lowest BCUT2D eigenvalue weighted by atomic mass is 10.1. The minimum absolute atomic E-state index is 0. The number of amides is 1. The van der Waals surface area contributed by atoms with Crippen LogP contribution in [0.15, 0.2) is 18.2 Å². The Morgan fingerprint density at radius 1 is 1.52 bits per heavy atom. The maximum atomic E-state index is 13.0. The highest BCUT2D eigenvalue weighted by Crippen LogP contribution is 2.26. The molecule has 2 atom stereocenters. The van der Waals surface area contributed by atoms with E-state index in [1.807, 2.05) is 0 Å². The molecule has 0 radical (unpaired) electrons. The van der Waals surface area contributed by atoms with E-state index in [0.717, 1.165) is 0 Å². The zero-order valence-electron chi connectivity index (χ0n) is 11.1. The lowest BCUT2D eigenvalue weighted by Crippen LogP contribution is -2.41. The number of alkyl halides is 2. The molecular weight excluding hydrogens is 328 g/mol. The molecule has 2 N–H and O–H groups in total. The van der Waals surface area contributed by atoms with Crippen LogP contribution >= 0.6 is 24.0 Å². The van der Waals surface area contributed by atoms with Crippen molar-refractivity contribution in [3.05, 3.63) is 34.6 Å². The highest BCUT2D eigenvalue weighted by atomic mass is 35.5. The normalized spacial score (nSPS) is 21.5. The number of rotatable bonds is 3. The molecule has 118 valence electrons. The second kappa shape index (κ2) is 6.85. The summed E-state index contributed by atoms with van der Waals surface area (Å²) in [6.07, 6.45) is -0.518. The number of carbonyl (C=O) groups excluding carboxylic acids is 1. The average Bonchev–Trinajstić information content (AvgIpc) is 2.73. The van der Waals surface area contributed by atoms with Crippen molar-refractivity contribution >= 4 is 29.9 Å². The first-order valence-electron chi connectivity index (χ1n) is 6.15. The third-order valence-corrected chi connectivity index (χ3v) is 3.52. The van der Waals surface area contributed by atoms with Crippen LogP contribution in [-0.4, -0.2) is 24.4 Å². The van der Waals surface area contributed by atoms with Gasteiger partial charge < -0.3 is 5.32 Å². The van der Waals surface area contributed by atoms with Gasteiger partial charge in [-0.3, -0.25) is 10.1 Å². The maximum absolute atomic E-state index is 13.0. The molecule has 0 aromatic heterocycles. The van der Waals surface area contributed by atoms with Crippen molar-refractivity contribution in [2.45, 2.75) is 31.4 Å². The Hall–Kier alpha value is -0.980. The molecule has 1 saturated heterocycles. The Morgan fingerprint density at radius 2 is 2.19 bits per heavy atom. The number of hydrogen-bond donors (Lipinski definition) is 2. The SMILES string of the molecule is CC(NC(=O)C1CC(F)(F)CN1)c1ccc(F)c(Cl)c1.Cl. The molecular formula is C13H15Cl2F3N2O. The molecule has 1 aromatic rings. The van der Waals surface area contributed by atoms with Crippen molar-refractivity contribution in [2.75, 3.05) is 6.54 Å². The van der Waals surface area contributed by atoms with Gasteiger partial charge in [0.25, 0.3) is 5.92 Å². The Balaban J connectivity index is 0.00000220. The molecule has 1 aromatic carbocycles. The second-order valence-electron chi connectivity index (χ2n) is 4.90. The summed E-state index contributed by atoms with van der Waals surface area (Å²) in [7, 11) is 0. The van der Waals surface area contributed by atoms with Gasteiger partial charge in [0.05, 0.1) is 23.7 Å². The van der Waals surface area contributed by atoms with Crippen LogP contribution in [0.4, 0.5) is 13.2 Å². The van der Waals surface area contributed by atoms with Crippen LogP contribution in [0.1, 0.15) is 24.9 Å². The number of hydrogen-bond acceptors (Lipinski definition) is 2. The molecule has 1 amide bonds. The van der Waals surface area contributed by atoms with Gasteiger partial charge in [-0.25, -0.2) is 13.2 Å². The van der Waals surface area contributed by atoms with Crippen LogP contribution in [0.5, 0.6) is 0 Å². The third-order valence-electron chi connectivity index (χ3n) is 3.23. The standard InChI is InChI=1S/C13H14ClF3N2O.ClH/c1-7(8-2-3-10(15)9(14)4-8)19-12(20)11-5-13(16,17)6-18-11;/h2-4,7,11,18H,5-6H2,1H3,(H,19,20);1H. The summed E-state index contributed by atoms with van der Waals surface area (Å²) in [5.41, 5.74) is 0.606. The molecule has 2 rings (SSSR count). The highest BCUT2D eigenvalue weighted by Gasteiger charge is 2.42. The molecule has 0 bridgehead atoms. The molecule has 1 heterocycles. The number of nitrogens with one attached hydrogen (secondary N) is 2. The first kappa shape index (κ1) is 18.1. The minimum Gasteiger partial charge on any atom is -0.348 e. The summed E-state index contributed by atoms with van der Waals surface area (Å²) >= 11 is 5.66. The van der Waals surface area contributed by atoms with E-state index in [1.54, 1.807) is 6.92 Å². The lowest BCUT2D eigenvalue weighted by Gasteiger charge is -2.18. The monoisotopic (exact) mass is 342 g/mol. The highest BCUT2D eigenvalue weighted by molar-refractivity contribution is 6.30. The van der Waals surface area contributed by atoms with Crippen molar-refractivity contribution in [3.8, 4) is 0 Å². The van der Waals surface area contributed by atoms with Gasteiger partial charge in [-0.05, 0) is 24.6 Å². The van der Waals surface area contributed by atoms with Crippen LogP contribution in [0, 0.1) is 5.82 Å². The number of halogens is 5.